The Balaban J connectivity index is 2.00. The molecule has 1 aliphatic heterocycles. The fourth-order valence-corrected chi connectivity index (χ4v) is 3.81. The van der Waals surface area contributed by atoms with Crippen molar-refractivity contribution in [1.82, 2.24) is 14.7 Å². The number of anilines is 1. The average molecular weight is 274 g/mol. The molecular formula is C9H14N4O2S2. The lowest BCUT2D eigenvalue weighted by Crippen LogP contribution is -2.29. The van der Waals surface area contributed by atoms with Crippen molar-refractivity contribution in [1.29, 1.82) is 0 Å². The zero-order valence-corrected chi connectivity index (χ0v) is 10.8. The number of hydrogen-bond donors (Lipinski definition) is 2. The van der Waals surface area contributed by atoms with E-state index in [1.165, 1.54) is 12.4 Å². The molecule has 1 unspecified atom stereocenters. The molecule has 1 saturated heterocycles. The van der Waals surface area contributed by atoms with E-state index in [9.17, 15) is 8.42 Å². The summed E-state index contributed by atoms with van der Waals surface area (Å²) in [5, 5.41) is 0. The number of nitrogen functional groups attached to an aromatic ring is 1. The van der Waals surface area contributed by atoms with Crippen molar-refractivity contribution in [2.45, 2.75) is 11.3 Å². The van der Waals surface area contributed by atoms with E-state index < -0.39 is 10.0 Å². The van der Waals surface area contributed by atoms with Gasteiger partial charge in [0.15, 0.2) is 0 Å². The van der Waals surface area contributed by atoms with Gasteiger partial charge < -0.3 is 5.73 Å². The van der Waals surface area contributed by atoms with Crippen LogP contribution < -0.4 is 10.5 Å². The van der Waals surface area contributed by atoms with Gasteiger partial charge in [-0.15, -0.1) is 0 Å². The largest absolute Gasteiger partial charge is 0.368 e. The third-order valence-corrected chi connectivity index (χ3v) is 5.15. The maximum atomic E-state index is 11.9. The maximum absolute atomic E-state index is 11.9. The summed E-state index contributed by atoms with van der Waals surface area (Å²) in [4.78, 5) is 7.39. The highest BCUT2D eigenvalue weighted by Gasteiger charge is 2.20. The lowest BCUT2D eigenvalue weighted by molar-refractivity contribution is 0.545. The molecule has 3 N–H and O–H groups in total. The smallest absolute Gasteiger partial charge is 0.243 e. The van der Waals surface area contributed by atoms with Crippen molar-refractivity contribution in [2.75, 3.05) is 23.8 Å². The summed E-state index contributed by atoms with van der Waals surface area (Å²) in [6.45, 7) is 0.472. The second-order valence-electron chi connectivity index (χ2n) is 3.86. The monoisotopic (exact) mass is 274 g/mol. The van der Waals surface area contributed by atoms with Gasteiger partial charge in [-0.05, 0) is 23.8 Å². The lowest BCUT2D eigenvalue weighted by Gasteiger charge is -2.10. The number of sulfonamides is 1. The van der Waals surface area contributed by atoms with Gasteiger partial charge >= 0.3 is 0 Å². The zero-order valence-electron chi connectivity index (χ0n) is 9.17. The van der Waals surface area contributed by atoms with Gasteiger partial charge in [-0.1, -0.05) is 0 Å². The Hall–Kier alpha value is -0.860. The molecule has 1 aromatic rings. The molecule has 0 radical (unpaired) electrons. The van der Waals surface area contributed by atoms with E-state index in [2.05, 4.69) is 14.7 Å². The Morgan fingerprint density at radius 2 is 2.18 bits per heavy atom. The van der Waals surface area contributed by atoms with Crippen LogP contribution in [-0.4, -0.2) is 36.4 Å². The number of nitrogens with one attached hydrogen (secondary N) is 1. The first kappa shape index (κ1) is 12.6. The first-order chi connectivity index (χ1) is 8.08. The van der Waals surface area contributed by atoms with Crippen LogP contribution in [0.25, 0.3) is 0 Å². The fraction of sp³-hybridized carbons (Fsp3) is 0.556. The van der Waals surface area contributed by atoms with Crippen LogP contribution in [0.5, 0.6) is 0 Å². The minimum atomic E-state index is -3.50. The third kappa shape index (κ3) is 3.30. The Bertz CT molecular complexity index is 468. The molecule has 0 saturated carbocycles. The van der Waals surface area contributed by atoms with Crippen LogP contribution in [0, 0.1) is 5.92 Å². The van der Waals surface area contributed by atoms with Crippen LogP contribution in [-0.2, 0) is 10.0 Å². The van der Waals surface area contributed by atoms with Gasteiger partial charge in [0, 0.05) is 6.54 Å². The summed E-state index contributed by atoms with van der Waals surface area (Å²) < 4.78 is 26.3. The van der Waals surface area contributed by atoms with Gasteiger partial charge in [0.25, 0.3) is 0 Å². The quantitative estimate of drug-likeness (QED) is 0.807. The molecule has 2 rings (SSSR count). The van der Waals surface area contributed by atoms with Crippen molar-refractivity contribution in [3.05, 3.63) is 12.4 Å². The van der Waals surface area contributed by atoms with E-state index in [1.54, 1.807) is 0 Å². The fourth-order valence-electron chi connectivity index (χ4n) is 1.52. The van der Waals surface area contributed by atoms with Gasteiger partial charge in [-0.25, -0.2) is 23.1 Å². The van der Waals surface area contributed by atoms with Crippen LogP contribution in [0.1, 0.15) is 6.42 Å². The molecular weight excluding hydrogens is 260 g/mol. The van der Waals surface area contributed by atoms with E-state index in [1.807, 2.05) is 11.8 Å². The molecule has 0 amide bonds. The van der Waals surface area contributed by atoms with Gasteiger partial charge in [0.1, 0.15) is 4.90 Å². The number of hydrogen-bond acceptors (Lipinski definition) is 6. The lowest BCUT2D eigenvalue weighted by atomic mass is 10.1. The standard InChI is InChI=1S/C9H14N4O2S2/c10-9-11-4-8(5-12-9)17(14,15)13-3-7-1-2-16-6-7/h4-5,7,13H,1-3,6H2,(H2,10,11,12). The van der Waals surface area contributed by atoms with E-state index >= 15 is 0 Å². The molecule has 2 heterocycles. The molecule has 6 nitrogen and oxygen atoms in total. The Labute approximate surface area is 104 Å². The molecule has 1 fully saturated rings. The van der Waals surface area contributed by atoms with Crippen molar-refractivity contribution in [3.8, 4) is 0 Å². The number of thioether (sulfide) groups is 1. The zero-order chi connectivity index (χ0) is 12.3. The first-order valence-corrected chi connectivity index (χ1v) is 7.86. The van der Waals surface area contributed by atoms with Gasteiger partial charge in [0.05, 0.1) is 12.4 Å². The molecule has 17 heavy (non-hydrogen) atoms. The topological polar surface area (TPSA) is 98.0 Å². The summed E-state index contributed by atoms with van der Waals surface area (Å²) in [6, 6.07) is 0. The molecule has 94 valence electrons. The summed E-state index contributed by atoms with van der Waals surface area (Å²) in [6.07, 6.45) is 3.49. The molecule has 0 bridgehead atoms. The van der Waals surface area contributed by atoms with Crippen LogP contribution >= 0.6 is 11.8 Å². The number of rotatable bonds is 4. The van der Waals surface area contributed by atoms with Crippen LogP contribution in [0.15, 0.2) is 17.3 Å². The van der Waals surface area contributed by atoms with Gasteiger partial charge in [0.2, 0.25) is 16.0 Å². The molecule has 1 aliphatic rings. The van der Waals surface area contributed by atoms with Crippen molar-refractivity contribution in [3.63, 3.8) is 0 Å². The third-order valence-electron chi connectivity index (χ3n) is 2.54. The maximum Gasteiger partial charge on any atom is 0.243 e. The normalized spacial score (nSPS) is 20.6. The molecule has 8 heteroatoms. The second-order valence-corrected chi connectivity index (χ2v) is 6.78. The van der Waals surface area contributed by atoms with Crippen molar-refractivity contribution in [2.24, 2.45) is 5.92 Å². The average Bonchev–Trinajstić information content (AvgIpc) is 2.80. The minimum Gasteiger partial charge on any atom is -0.368 e. The summed E-state index contributed by atoms with van der Waals surface area (Å²) >= 11 is 1.85. The molecule has 0 aliphatic carbocycles. The Morgan fingerprint density at radius 3 is 2.76 bits per heavy atom. The Kier molecular flexibility index (Phi) is 3.85. The van der Waals surface area contributed by atoms with E-state index in [0.717, 1.165) is 17.9 Å². The van der Waals surface area contributed by atoms with Gasteiger partial charge in [-0.3, -0.25) is 0 Å². The van der Waals surface area contributed by atoms with E-state index in [4.69, 9.17) is 5.73 Å². The second kappa shape index (κ2) is 5.19. The number of nitrogens with zero attached hydrogens (tertiary/aromatic N) is 2. The Morgan fingerprint density at radius 1 is 1.47 bits per heavy atom. The molecule has 0 aromatic carbocycles. The highest BCUT2D eigenvalue weighted by molar-refractivity contribution is 7.99. The summed E-state index contributed by atoms with van der Waals surface area (Å²) in [5.74, 6) is 2.61. The first-order valence-electron chi connectivity index (χ1n) is 5.23. The van der Waals surface area contributed by atoms with Crippen molar-refractivity contribution >= 4 is 27.7 Å². The van der Waals surface area contributed by atoms with Crippen LogP contribution in [0.2, 0.25) is 0 Å². The molecule has 1 aromatic heterocycles. The molecule has 0 spiro atoms. The van der Waals surface area contributed by atoms with Gasteiger partial charge in [-0.2, -0.15) is 11.8 Å². The van der Waals surface area contributed by atoms with E-state index in [0.29, 0.717) is 12.5 Å². The SMILES string of the molecule is Nc1ncc(S(=O)(=O)NCC2CCSC2)cn1. The number of aromatic nitrogens is 2. The predicted octanol–water partition coefficient (Wildman–Crippen LogP) is 0.0902. The van der Waals surface area contributed by atoms with E-state index in [-0.39, 0.29) is 10.8 Å². The number of nitrogens with two attached hydrogens (primary N) is 1. The van der Waals surface area contributed by atoms with Crippen LogP contribution in [0.3, 0.4) is 0 Å². The molecule has 1 atom stereocenters. The highest BCUT2D eigenvalue weighted by Crippen LogP contribution is 2.22. The highest BCUT2D eigenvalue weighted by atomic mass is 32.2. The minimum absolute atomic E-state index is 0.0531. The summed E-state index contributed by atoms with van der Waals surface area (Å²) in [5.41, 5.74) is 5.30. The predicted molar refractivity (Wildman–Crippen MR) is 67.1 cm³/mol. The van der Waals surface area contributed by atoms with Crippen molar-refractivity contribution < 1.29 is 8.42 Å². The van der Waals surface area contributed by atoms with Crippen LogP contribution in [0.4, 0.5) is 5.95 Å². The summed E-state index contributed by atoms with van der Waals surface area (Å²) in [7, 11) is -3.50.